The second-order valence-corrected chi connectivity index (χ2v) is 4.91. The zero-order valence-corrected chi connectivity index (χ0v) is 11.2. The normalized spacial score (nSPS) is 21.1. The van der Waals surface area contributed by atoms with Crippen LogP contribution in [0.2, 0.25) is 0 Å². The van der Waals surface area contributed by atoms with Crippen molar-refractivity contribution >= 4 is 0 Å². The molecule has 4 nitrogen and oxygen atoms in total. The Morgan fingerprint density at radius 3 is 2.53 bits per heavy atom. The van der Waals surface area contributed by atoms with E-state index in [1.54, 1.807) is 12.4 Å². The molecule has 1 atom stereocenters. The second kappa shape index (κ2) is 5.77. The Morgan fingerprint density at radius 2 is 1.95 bits per heavy atom. The number of halogens is 2. The van der Waals surface area contributed by atoms with Crippen molar-refractivity contribution in [1.82, 2.24) is 15.3 Å². The summed E-state index contributed by atoms with van der Waals surface area (Å²) in [6, 6.07) is -0.0975. The summed E-state index contributed by atoms with van der Waals surface area (Å²) in [4.78, 5) is 8.41. The Kier molecular flexibility index (Phi) is 4.29. The largest absolute Gasteiger partial charge is 0.480 e. The van der Waals surface area contributed by atoms with Crippen LogP contribution >= 0.6 is 0 Å². The van der Waals surface area contributed by atoms with Crippen LogP contribution in [0.25, 0.3) is 0 Å². The minimum absolute atomic E-state index is 0.0571. The highest BCUT2D eigenvalue weighted by Gasteiger charge is 2.38. The molecule has 0 saturated heterocycles. The predicted molar refractivity (Wildman–Crippen MR) is 67.3 cm³/mol. The van der Waals surface area contributed by atoms with E-state index in [0.29, 0.717) is 24.4 Å². The van der Waals surface area contributed by atoms with Gasteiger partial charge in [0.05, 0.1) is 13.2 Å². The van der Waals surface area contributed by atoms with Crippen LogP contribution in [0.5, 0.6) is 5.88 Å². The third-order valence-electron chi connectivity index (χ3n) is 3.72. The first kappa shape index (κ1) is 14.1. The maximum absolute atomic E-state index is 13.2. The van der Waals surface area contributed by atoms with Crippen LogP contribution in [-0.2, 0) is 0 Å². The van der Waals surface area contributed by atoms with Crippen LogP contribution in [0.1, 0.15) is 37.4 Å². The van der Waals surface area contributed by atoms with Crippen LogP contribution in [0.3, 0.4) is 0 Å². The Labute approximate surface area is 111 Å². The molecule has 106 valence electrons. The third kappa shape index (κ3) is 3.18. The molecule has 1 aliphatic carbocycles. The Morgan fingerprint density at radius 1 is 1.32 bits per heavy atom. The summed E-state index contributed by atoms with van der Waals surface area (Å²) in [6.07, 6.45) is 4.01. The van der Waals surface area contributed by atoms with Gasteiger partial charge in [0, 0.05) is 25.2 Å². The molecule has 0 radical (unpaired) electrons. The molecular formula is C13H19F2N3O. The first-order valence-electron chi connectivity index (χ1n) is 6.47. The minimum atomic E-state index is -2.51. The summed E-state index contributed by atoms with van der Waals surface area (Å²) in [5.41, 5.74) is 0.697. The van der Waals surface area contributed by atoms with Crippen molar-refractivity contribution in [2.24, 2.45) is 5.92 Å². The molecule has 0 aliphatic heterocycles. The fourth-order valence-electron chi connectivity index (χ4n) is 2.70. The zero-order chi connectivity index (χ0) is 13.9. The first-order valence-corrected chi connectivity index (χ1v) is 6.47. The lowest BCUT2D eigenvalue weighted by atomic mass is 9.81. The quantitative estimate of drug-likeness (QED) is 0.914. The van der Waals surface area contributed by atoms with Gasteiger partial charge in [0.1, 0.15) is 5.69 Å². The predicted octanol–water partition coefficient (Wildman–Crippen LogP) is 2.57. The van der Waals surface area contributed by atoms with Gasteiger partial charge in [-0.3, -0.25) is 4.98 Å². The van der Waals surface area contributed by atoms with Crippen LogP contribution in [-0.4, -0.2) is 30.0 Å². The Bertz CT molecular complexity index is 418. The lowest BCUT2D eigenvalue weighted by molar-refractivity contribution is -0.0497. The number of rotatable bonds is 4. The summed E-state index contributed by atoms with van der Waals surface area (Å²) in [5, 5.41) is 3.16. The maximum Gasteiger partial charge on any atom is 0.248 e. The molecule has 0 spiro atoms. The Balaban J connectivity index is 2.16. The molecule has 0 bridgehead atoms. The van der Waals surface area contributed by atoms with Crippen molar-refractivity contribution in [2.45, 2.75) is 37.6 Å². The molecule has 1 unspecified atom stereocenters. The highest BCUT2D eigenvalue weighted by molar-refractivity contribution is 5.22. The zero-order valence-electron chi connectivity index (χ0n) is 11.2. The number of ether oxygens (including phenoxy) is 1. The molecule has 0 amide bonds. The van der Waals surface area contributed by atoms with Crippen molar-refractivity contribution in [3.8, 4) is 5.88 Å². The van der Waals surface area contributed by atoms with Gasteiger partial charge in [-0.2, -0.15) is 0 Å². The number of methoxy groups -OCH3 is 1. The molecule has 19 heavy (non-hydrogen) atoms. The van der Waals surface area contributed by atoms with Gasteiger partial charge in [0.25, 0.3) is 0 Å². The molecule has 0 aromatic carbocycles. The topological polar surface area (TPSA) is 47.0 Å². The van der Waals surface area contributed by atoms with Crippen molar-refractivity contribution in [3.05, 3.63) is 18.1 Å². The fraction of sp³-hybridized carbons (Fsp3) is 0.692. The first-order chi connectivity index (χ1) is 9.07. The molecule has 1 N–H and O–H groups in total. The average molecular weight is 271 g/mol. The van der Waals surface area contributed by atoms with Gasteiger partial charge in [-0.15, -0.1) is 0 Å². The summed E-state index contributed by atoms with van der Waals surface area (Å²) in [5.74, 6) is -1.92. The van der Waals surface area contributed by atoms with Crippen molar-refractivity contribution in [1.29, 1.82) is 0 Å². The van der Waals surface area contributed by atoms with E-state index in [1.165, 1.54) is 7.11 Å². The van der Waals surface area contributed by atoms with E-state index in [0.717, 1.165) is 0 Å². The number of hydrogen-bond acceptors (Lipinski definition) is 4. The molecule has 1 aliphatic rings. The maximum atomic E-state index is 13.2. The van der Waals surface area contributed by atoms with Gasteiger partial charge in [-0.1, -0.05) is 0 Å². The molecule has 1 heterocycles. The van der Waals surface area contributed by atoms with E-state index in [-0.39, 0.29) is 24.8 Å². The summed E-state index contributed by atoms with van der Waals surface area (Å²) in [6.45, 7) is 0. The molecule has 1 aromatic rings. The molecule has 1 saturated carbocycles. The smallest absolute Gasteiger partial charge is 0.248 e. The van der Waals surface area contributed by atoms with Crippen LogP contribution in [0.15, 0.2) is 12.4 Å². The average Bonchev–Trinajstić information content (AvgIpc) is 2.42. The lowest BCUT2D eigenvalue weighted by Gasteiger charge is -2.33. The fourth-order valence-corrected chi connectivity index (χ4v) is 2.70. The van der Waals surface area contributed by atoms with E-state index in [4.69, 9.17) is 4.74 Å². The number of hydrogen-bond donors (Lipinski definition) is 1. The summed E-state index contributed by atoms with van der Waals surface area (Å²) >= 11 is 0. The van der Waals surface area contributed by atoms with Crippen molar-refractivity contribution in [3.63, 3.8) is 0 Å². The van der Waals surface area contributed by atoms with E-state index >= 15 is 0 Å². The lowest BCUT2D eigenvalue weighted by Crippen LogP contribution is -2.33. The second-order valence-electron chi connectivity index (χ2n) is 4.91. The van der Waals surface area contributed by atoms with E-state index in [9.17, 15) is 8.78 Å². The molecule has 2 rings (SSSR count). The highest BCUT2D eigenvalue weighted by Crippen LogP contribution is 2.41. The van der Waals surface area contributed by atoms with E-state index in [2.05, 4.69) is 15.3 Å². The SMILES string of the molecule is CNC(c1nccnc1OC)C1CCC(F)(F)CC1. The third-order valence-corrected chi connectivity index (χ3v) is 3.72. The van der Waals surface area contributed by atoms with Gasteiger partial charge in [0.2, 0.25) is 11.8 Å². The van der Waals surface area contributed by atoms with Gasteiger partial charge in [0.15, 0.2) is 0 Å². The summed E-state index contributed by atoms with van der Waals surface area (Å²) < 4.78 is 31.6. The van der Waals surface area contributed by atoms with Crippen LogP contribution in [0.4, 0.5) is 8.78 Å². The number of nitrogens with zero attached hydrogens (tertiary/aromatic N) is 2. The Hall–Kier alpha value is -1.30. The standard InChI is InChI=1S/C13H19F2N3O/c1-16-10(9-3-5-13(14,15)6-4-9)11-12(19-2)18-8-7-17-11/h7-10,16H,3-6H2,1-2H3. The molecule has 6 heteroatoms. The molecule has 1 aromatic heterocycles. The molecule has 1 fully saturated rings. The van der Waals surface area contributed by atoms with Gasteiger partial charge >= 0.3 is 0 Å². The van der Waals surface area contributed by atoms with Crippen molar-refractivity contribution in [2.75, 3.05) is 14.2 Å². The number of aromatic nitrogens is 2. The monoisotopic (exact) mass is 271 g/mol. The summed E-state index contributed by atoms with van der Waals surface area (Å²) in [7, 11) is 3.35. The minimum Gasteiger partial charge on any atom is -0.480 e. The van der Waals surface area contributed by atoms with Gasteiger partial charge in [-0.05, 0) is 25.8 Å². The number of alkyl halides is 2. The van der Waals surface area contributed by atoms with Gasteiger partial charge in [-0.25, -0.2) is 13.8 Å². The van der Waals surface area contributed by atoms with Crippen LogP contribution in [0, 0.1) is 5.92 Å². The van der Waals surface area contributed by atoms with Gasteiger partial charge < -0.3 is 10.1 Å². The van der Waals surface area contributed by atoms with Crippen LogP contribution < -0.4 is 10.1 Å². The van der Waals surface area contributed by atoms with E-state index in [1.807, 2.05) is 7.05 Å². The molecular weight excluding hydrogens is 252 g/mol. The van der Waals surface area contributed by atoms with E-state index < -0.39 is 5.92 Å². The van der Waals surface area contributed by atoms with Crippen molar-refractivity contribution < 1.29 is 13.5 Å². The number of nitrogens with one attached hydrogen (secondary N) is 1. The highest BCUT2D eigenvalue weighted by atomic mass is 19.3.